The number of rotatable bonds is 3. The van der Waals surface area contributed by atoms with Crippen LogP contribution >= 0.6 is 11.3 Å². The van der Waals surface area contributed by atoms with Crippen LogP contribution in [0.1, 0.15) is 40.8 Å². The van der Waals surface area contributed by atoms with Crippen LogP contribution in [0.2, 0.25) is 0 Å². The fourth-order valence-electron chi connectivity index (χ4n) is 1.74. The molecule has 0 saturated carbocycles. The molecule has 0 fully saturated rings. The van der Waals surface area contributed by atoms with Crippen molar-refractivity contribution >= 4 is 11.3 Å². The van der Waals surface area contributed by atoms with E-state index in [0.717, 1.165) is 15.3 Å². The van der Waals surface area contributed by atoms with E-state index in [9.17, 15) is 10.2 Å². The first-order valence-corrected chi connectivity index (χ1v) is 6.77. The third-order valence-electron chi connectivity index (χ3n) is 2.89. The van der Waals surface area contributed by atoms with Crippen LogP contribution in [0.4, 0.5) is 0 Å². The van der Waals surface area contributed by atoms with Crippen LogP contribution in [0, 0.1) is 6.92 Å². The summed E-state index contributed by atoms with van der Waals surface area (Å²) in [6.45, 7) is 5.52. The molecule has 96 valence electrons. The highest BCUT2D eigenvalue weighted by Gasteiger charge is 2.21. The Balaban J connectivity index is 2.26. The monoisotopic (exact) mass is 262 g/mol. The lowest BCUT2D eigenvalue weighted by atomic mass is 10.1. The molecule has 0 saturated heterocycles. The highest BCUT2D eigenvalue weighted by Crippen LogP contribution is 2.33. The predicted octanol–water partition coefficient (Wildman–Crippen LogP) is 3.37. The number of aliphatic hydroxyl groups excluding tert-OH is 1. The van der Waals surface area contributed by atoms with Crippen molar-refractivity contribution in [2.24, 2.45) is 0 Å². The number of benzene rings is 1. The van der Waals surface area contributed by atoms with Crippen LogP contribution < -0.4 is 0 Å². The zero-order chi connectivity index (χ0) is 13.3. The smallest absolute Gasteiger partial charge is 0.113 e. The van der Waals surface area contributed by atoms with E-state index in [0.29, 0.717) is 0 Å². The topological polar surface area (TPSA) is 40.5 Å². The summed E-state index contributed by atoms with van der Waals surface area (Å²) < 4.78 is 0. The second-order valence-corrected chi connectivity index (χ2v) is 6.19. The Labute approximate surface area is 112 Å². The molecule has 0 spiro atoms. The molecule has 1 aromatic heterocycles. The van der Waals surface area contributed by atoms with Gasteiger partial charge in [-0.3, -0.25) is 0 Å². The first-order chi connectivity index (χ1) is 8.38. The maximum atomic E-state index is 10.3. The predicted molar refractivity (Wildman–Crippen MR) is 74.8 cm³/mol. The van der Waals surface area contributed by atoms with Crippen molar-refractivity contribution in [2.75, 3.05) is 0 Å². The van der Waals surface area contributed by atoms with Gasteiger partial charge < -0.3 is 10.2 Å². The number of aryl methyl sites for hydroxylation is 1. The van der Waals surface area contributed by atoms with Gasteiger partial charge in [0.2, 0.25) is 0 Å². The minimum atomic E-state index is -0.851. The van der Waals surface area contributed by atoms with Gasteiger partial charge in [-0.2, -0.15) is 0 Å². The Kier molecular flexibility index (Phi) is 3.57. The summed E-state index contributed by atoms with van der Waals surface area (Å²) in [5.74, 6) is 0. The molecule has 2 aromatic rings. The average Bonchev–Trinajstić information content (AvgIpc) is 2.78. The summed E-state index contributed by atoms with van der Waals surface area (Å²) in [7, 11) is 0. The molecule has 2 rings (SSSR count). The van der Waals surface area contributed by atoms with E-state index in [4.69, 9.17) is 0 Å². The lowest BCUT2D eigenvalue weighted by Crippen LogP contribution is -2.12. The third kappa shape index (κ3) is 2.80. The van der Waals surface area contributed by atoms with Crippen LogP contribution in [-0.4, -0.2) is 10.2 Å². The molecule has 0 aliphatic heterocycles. The molecule has 2 nitrogen and oxygen atoms in total. The number of hydrogen-bond donors (Lipinski definition) is 2. The fourth-order valence-corrected chi connectivity index (χ4v) is 2.77. The van der Waals surface area contributed by atoms with E-state index in [1.165, 1.54) is 16.9 Å². The van der Waals surface area contributed by atoms with Gasteiger partial charge >= 0.3 is 0 Å². The van der Waals surface area contributed by atoms with Crippen molar-refractivity contribution in [1.29, 1.82) is 0 Å². The Bertz CT molecular complexity index is 520. The minimum Gasteiger partial charge on any atom is -0.385 e. The Morgan fingerprint density at radius 3 is 2.17 bits per heavy atom. The summed E-state index contributed by atoms with van der Waals surface area (Å²) in [6.07, 6.45) is -0.619. The van der Waals surface area contributed by atoms with Crippen LogP contribution in [0.15, 0.2) is 36.4 Å². The quantitative estimate of drug-likeness (QED) is 0.890. The van der Waals surface area contributed by atoms with Gasteiger partial charge in [0.1, 0.15) is 6.10 Å². The van der Waals surface area contributed by atoms with Crippen LogP contribution in [0.5, 0.6) is 0 Å². The van der Waals surface area contributed by atoms with Gasteiger partial charge in [0, 0.05) is 9.75 Å². The standard InChI is InChI=1S/C15H18O2S/c1-10-4-6-11(7-5-10)14(16)12-8-9-13(18-12)15(2,3)17/h4-9,14,16-17H,1-3H3. The zero-order valence-corrected chi connectivity index (χ0v) is 11.7. The van der Waals surface area contributed by atoms with Crippen LogP contribution in [0.25, 0.3) is 0 Å². The van der Waals surface area contributed by atoms with Gasteiger partial charge in [0.15, 0.2) is 0 Å². The second-order valence-electron chi connectivity index (χ2n) is 5.07. The minimum absolute atomic E-state index is 0.619. The van der Waals surface area contributed by atoms with Crippen molar-refractivity contribution in [3.8, 4) is 0 Å². The van der Waals surface area contributed by atoms with Gasteiger partial charge in [0.05, 0.1) is 5.60 Å². The maximum Gasteiger partial charge on any atom is 0.113 e. The molecule has 0 amide bonds. The molecule has 2 N–H and O–H groups in total. The van der Waals surface area contributed by atoms with E-state index in [1.54, 1.807) is 13.8 Å². The van der Waals surface area contributed by atoms with Gasteiger partial charge in [-0.05, 0) is 38.5 Å². The number of thiophene rings is 1. The summed E-state index contributed by atoms with van der Waals surface area (Å²) >= 11 is 1.45. The van der Waals surface area contributed by atoms with E-state index in [1.807, 2.05) is 43.3 Å². The number of hydrogen-bond acceptors (Lipinski definition) is 3. The first-order valence-electron chi connectivity index (χ1n) is 5.95. The molecule has 1 aromatic carbocycles. The molecule has 18 heavy (non-hydrogen) atoms. The molecule has 1 heterocycles. The van der Waals surface area contributed by atoms with Crippen molar-refractivity contribution in [3.63, 3.8) is 0 Å². The van der Waals surface area contributed by atoms with Gasteiger partial charge in [-0.15, -0.1) is 11.3 Å². The van der Waals surface area contributed by atoms with Crippen molar-refractivity contribution in [1.82, 2.24) is 0 Å². The summed E-state index contributed by atoms with van der Waals surface area (Å²) in [5.41, 5.74) is 1.20. The zero-order valence-electron chi connectivity index (χ0n) is 10.8. The van der Waals surface area contributed by atoms with E-state index < -0.39 is 11.7 Å². The molecule has 0 radical (unpaired) electrons. The molecular formula is C15H18O2S. The highest BCUT2D eigenvalue weighted by molar-refractivity contribution is 7.12. The van der Waals surface area contributed by atoms with E-state index >= 15 is 0 Å². The lowest BCUT2D eigenvalue weighted by Gasteiger charge is -2.14. The van der Waals surface area contributed by atoms with E-state index in [2.05, 4.69) is 0 Å². The molecule has 1 atom stereocenters. The van der Waals surface area contributed by atoms with Crippen molar-refractivity contribution in [2.45, 2.75) is 32.5 Å². The van der Waals surface area contributed by atoms with Gasteiger partial charge in [0.25, 0.3) is 0 Å². The largest absolute Gasteiger partial charge is 0.385 e. The Morgan fingerprint density at radius 1 is 1.06 bits per heavy atom. The average molecular weight is 262 g/mol. The molecular weight excluding hydrogens is 244 g/mol. The maximum absolute atomic E-state index is 10.3. The molecule has 0 aliphatic rings. The number of aliphatic hydroxyl groups is 2. The van der Waals surface area contributed by atoms with Crippen molar-refractivity contribution < 1.29 is 10.2 Å². The van der Waals surface area contributed by atoms with Crippen molar-refractivity contribution in [3.05, 3.63) is 57.3 Å². The molecule has 1 unspecified atom stereocenters. The van der Waals surface area contributed by atoms with Crippen LogP contribution in [0.3, 0.4) is 0 Å². The lowest BCUT2D eigenvalue weighted by molar-refractivity contribution is 0.0825. The SMILES string of the molecule is Cc1ccc(C(O)c2ccc(C(C)(C)O)s2)cc1. The normalized spacial score (nSPS) is 13.6. The van der Waals surface area contributed by atoms with E-state index in [-0.39, 0.29) is 0 Å². The Morgan fingerprint density at radius 2 is 1.67 bits per heavy atom. The molecule has 0 aliphatic carbocycles. The Hall–Kier alpha value is -1.16. The molecule has 0 bridgehead atoms. The highest BCUT2D eigenvalue weighted by atomic mass is 32.1. The third-order valence-corrected chi connectivity index (χ3v) is 4.34. The van der Waals surface area contributed by atoms with Crippen LogP contribution in [-0.2, 0) is 5.60 Å². The molecule has 3 heteroatoms. The van der Waals surface area contributed by atoms with Gasteiger partial charge in [-0.1, -0.05) is 29.8 Å². The summed E-state index contributed by atoms with van der Waals surface area (Å²) in [5, 5.41) is 20.2. The second kappa shape index (κ2) is 4.84. The van der Waals surface area contributed by atoms with Gasteiger partial charge in [-0.25, -0.2) is 0 Å². The summed E-state index contributed by atoms with van der Waals surface area (Å²) in [4.78, 5) is 1.72. The first kappa shape index (κ1) is 13.3. The fraction of sp³-hybridized carbons (Fsp3) is 0.333. The summed E-state index contributed by atoms with van der Waals surface area (Å²) in [6, 6.07) is 11.6.